The lowest BCUT2D eigenvalue weighted by Crippen LogP contribution is -2.34. The molecule has 2 rings (SSSR count). The quantitative estimate of drug-likeness (QED) is 0.756. The van der Waals surface area contributed by atoms with E-state index in [1.54, 1.807) is 24.3 Å². The number of hydrogen-bond acceptors (Lipinski definition) is 4. The van der Waals surface area contributed by atoms with Gasteiger partial charge >= 0.3 is 0 Å². The van der Waals surface area contributed by atoms with Crippen molar-refractivity contribution in [2.24, 2.45) is 0 Å². The summed E-state index contributed by atoms with van der Waals surface area (Å²) in [6.45, 7) is 2.55. The number of carbonyl (C=O) groups is 2. The number of rotatable bonds is 7. The van der Waals surface area contributed by atoms with Crippen LogP contribution in [0.4, 0.5) is 0 Å². The van der Waals surface area contributed by atoms with E-state index in [4.69, 9.17) is 9.47 Å². The van der Waals surface area contributed by atoms with Gasteiger partial charge in [0.25, 0.3) is 11.8 Å². The lowest BCUT2D eigenvalue weighted by Gasteiger charge is -2.11. The molecule has 6 nitrogen and oxygen atoms in total. The minimum absolute atomic E-state index is 0.154. The second kappa shape index (κ2) is 8.73. The van der Waals surface area contributed by atoms with Gasteiger partial charge in [-0.2, -0.15) is 0 Å². The molecule has 25 heavy (non-hydrogen) atoms. The fourth-order valence-corrected chi connectivity index (χ4v) is 2.35. The zero-order chi connectivity index (χ0) is 18.2. The molecule has 2 aromatic rings. The van der Waals surface area contributed by atoms with E-state index >= 15 is 0 Å². The smallest absolute Gasteiger partial charge is 0.251 e. The molecule has 0 saturated carbocycles. The molecule has 0 atom stereocenters. The SMILES string of the molecule is COc1ccc(C(=O)NCCNC(=O)c2ccccc2C)cc1OC. The molecule has 0 heterocycles. The summed E-state index contributed by atoms with van der Waals surface area (Å²) in [5, 5.41) is 5.55. The molecular weight excluding hydrogens is 320 g/mol. The van der Waals surface area contributed by atoms with Gasteiger partial charge in [0.1, 0.15) is 0 Å². The highest BCUT2D eigenvalue weighted by atomic mass is 16.5. The average Bonchev–Trinajstić information content (AvgIpc) is 2.64. The minimum Gasteiger partial charge on any atom is -0.493 e. The fraction of sp³-hybridized carbons (Fsp3) is 0.263. The van der Waals surface area contributed by atoms with Crippen LogP contribution in [-0.2, 0) is 0 Å². The second-order valence-electron chi connectivity index (χ2n) is 5.40. The summed E-state index contributed by atoms with van der Waals surface area (Å²) < 4.78 is 10.3. The lowest BCUT2D eigenvalue weighted by atomic mass is 10.1. The van der Waals surface area contributed by atoms with Crippen molar-refractivity contribution in [1.29, 1.82) is 0 Å². The third-order valence-electron chi connectivity index (χ3n) is 3.73. The molecular formula is C19H22N2O4. The number of hydrogen-bond donors (Lipinski definition) is 2. The maximum Gasteiger partial charge on any atom is 0.251 e. The van der Waals surface area contributed by atoms with Crippen molar-refractivity contribution < 1.29 is 19.1 Å². The highest BCUT2D eigenvalue weighted by molar-refractivity contribution is 5.96. The number of aryl methyl sites for hydroxylation is 1. The number of ether oxygens (including phenoxy) is 2. The summed E-state index contributed by atoms with van der Waals surface area (Å²) in [6, 6.07) is 12.3. The van der Waals surface area contributed by atoms with E-state index < -0.39 is 0 Å². The largest absolute Gasteiger partial charge is 0.493 e. The van der Waals surface area contributed by atoms with E-state index in [0.29, 0.717) is 35.7 Å². The number of amides is 2. The van der Waals surface area contributed by atoms with Gasteiger partial charge in [0.05, 0.1) is 14.2 Å². The van der Waals surface area contributed by atoms with Gasteiger partial charge in [0, 0.05) is 24.2 Å². The van der Waals surface area contributed by atoms with Crippen molar-refractivity contribution in [1.82, 2.24) is 10.6 Å². The van der Waals surface area contributed by atoms with E-state index in [2.05, 4.69) is 10.6 Å². The summed E-state index contributed by atoms with van der Waals surface area (Å²) in [4.78, 5) is 24.2. The Bertz CT molecular complexity index is 759. The maximum atomic E-state index is 12.2. The Morgan fingerprint density at radius 3 is 2.16 bits per heavy atom. The van der Waals surface area contributed by atoms with Crippen molar-refractivity contribution in [2.75, 3.05) is 27.3 Å². The molecule has 0 bridgehead atoms. The molecule has 0 aliphatic heterocycles. The van der Waals surface area contributed by atoms with Crippen LogP contribution in [0.15, 0.2) is 42.5 Å². The van der Waals surface area contributed by atoms with Gasteiger partial charge in [-0.25, -0.2) is 0 Å². The molecule has 0 radical (unpaired) electrons. The van der Waals surface area contributed by atoms with Crippen LogP contribution in [0.5, 0.6) is 11.5 Å². The van der Waals surface area contributed by atoms with E-state index in [9.17, 15) is 9.59 Å². The van der Waals surface area contributed by atoms with Crippen LogP contribution in [0.3, 0.4) is 0 Å². The molecule has 132 valence electrons. The van der Waals surface area contributed by atoms with Gasteiger partial charge < -0.3 is 20.1 Å². The number of methoxy groups -OCH3 is 2. The molecule has 0 spiro atoms. The van der Waals surface area contributed by atoms with Gasteiger partial charge in [0.2, 0.25) is 0 Å². The molecule has 2 aromatic carbocycles. The van der Waals surface area contributed by atoms with Gasteiger partial charge in [-0.1, -0.05) is 18.2 Å². The van der Waals surface area contributed by atoms with Crippen molar-refractivity contribution >= 4 is 11.8 Å². The predicted molar refractivity (Wildman–Crippen MR) is 95.4 cm³/mol. The zero-order valence-corrected chi connectivity index (χ0v) is 14.6. The first-order valence-corrected chi connectivity index (χ1v) is 7.91. The van der Waals surface area contributed by atoms with E-state index in [-0.39, 0.29) is 11.8 Å². The van der Waals surface area contributed by atoms with E-state index in [0.717, 1.165) is 5.56 Å². The van der Waals surface area contributed by atoms with Crippen molar-refractivity contribution in [3.8, 4) is 11.5 Å². The standard InChI is InChI=1S/C19H22N2O4/c1-13-6-4-5-7-15(13)19(23)21-11-10-20-18(22)14-8-9-16(24-2)17(12-14)25-3/h4-9,12H,10-11H2,1-3H3,(H,20,22)(H,21,23). The van der Waals surface area contributed by atoms with E-state index in [1.165, 1.54) is 14.2 Å². The van der Waals surface area contributed by atoms with Crippen molar-refractivity contribution in [3.63, 3.8) is 0 Å². The Labute approximate surface area is 147 Å². The summed E-state index contributed by atoms with van der Waals surface area (Å²) in [5.74, 6) is 0.650. The average molecular weight is 342 g/mol. The molecule has 6 heteroatoms. The Morgan fingerprint density at radius 1 is 0.880 bits per heavy atom. The Kier molecular flexibility index (Phi) is 6.39. The normalized spacial score (nSPS) is 10.0. The summed E-state index contributed by atoms with van der Waals surface area (Å²) in [5.41, 5.74) is 2.01. The molecule has 0 fully saturated rings. The molecule has 2 N–H and O–H groups in total. The zero-order valence-electron chi connectivity index (χ0n) is 14.6. The Balaban J connectivity index is 1.85. The Morgan fingerprint density at radius 2 is 1.52 bits per heavy atom. The summed E-state index contributed by atoms with van der Waals surface area (Å²) >= 11 is 0. The number of nitrogens with one attached hydrogen (secondary N) is 2. The molecule has 0 unspecified atom stereocenters. The first kappa shape index (κ1) is 18.3. The second-order valence-corrected chi connectivity index (χ2v) is 5.40. The van der Waals surface area contributed by atoms with Crippen LogP contribution in [0.2, 0.25) is 0 Å². The molecule has 0 saturated heterocycles. The molecule has 0 aliphatic carbocycles. The highest BCUT2D eigenvalue weighted by Crippen LogP contribution is 2.27. The van der Waals surface area contributed by atoms with Gasteiger partial charge in [-0.15, -0.1) is 0 Å². The maximum absolute atomic E-state index is 12.2. The predicted octanol–water partition coefficient (Wildman–Crippen LogP) is 2.17. The minimum atomic E-state index is -0.244. The summed E-state index contributed by atoms with van der Waals surface area (Å²) in [7, 11) is 3.05. The van der Waals surface area contributed by atoms with Crippen LogP contribution >= 0.6 is 0 Å². The third kappa shape index (κ3) is 4.73. The molecule has 0 aromatic heterocycles. The highest BCUT2D eigenvalue weighted by Gasteiger charge is 2.11. The first-order chi connectivity index (χ1) is 12.1. The van der Waals surface area contributed by atoms with Gasteiger partial charge in [-0.05, 0) is 36.8 Å². The fourth-order valence-electron chi connectivity index (χ4n) is 2.35. The Hall–Kier alpha value is -3.02. The first-order valence-electron chi connectivity index (χ1n) is 7.91. The third-order valence-corrected chi connectivity index (χ3v) is 3.73. The van der Waals surface area contributed by atoms with Crippen molar-refractivity contribution in [3.05, 3.63) is 59.2 Å². The van der Waals surface area contributed by atoms with Crippen LogP contribution in [0.25, 0.3) is 0 Å². The lowest BCUT2D eigenvalue weighted by molar-refractivity contribution is 0.0927. The molecule has 2 amide bonds. The van der Waals surface area contributed by atoms with Crippen LogP contribution in [-0.4, -0.2) is 39.1 Å². The van der Waals surface area contributed by atoms with Crippen LogP contribution in [0, 0.1) is 6.92 Å². The number of carbonyl (C=O) groups excluding carboxylic acids is 2. The topological polar surface area (TPSA) is 76.7 Å². The van der Waals surface area contributed by atoms with Crippen LogP contribution in [0.1, 0.15) is 26.3 Å². The van der Waals surface area contributed by atoms with Crippen LogP contribution < -0.4 is 20.1 Å². The van der Waals surface area contributed by atoms with Gasteiger partial charge in [-0.3, -0.25) is 9.59 Å². The number of benzene rings is 2. The van der Waals surface area contributed by atoms with Gasteiger partial charge in [0.15, 0.2) is 11.5 Å². The monoisotopic (exact) mass is 342 g/mol. The molecule has 0 aliphatic rings. The summed E-state index contributed by atoms with van der Waals surface area (Å²) in [6.07, 6.45) is 0. The van der Waals surface area contributed by atoms with E-state index in [1.807, 2.05) is 25.1 Å². The van der Waals surface area contributed by atoms with Crippen molar-refractivity contribution in [2.45, 2.75) is 6.92 Å².